The van der Waals surface area contributed by atoms with Crippen LogP contribution in [0.1, 0.15) is 46.0 Å². The largest absolute Gasteiger partial charge is 0.317 e. The minimum Gasteiger partial charge on any atom is -0.317 e. The van der Waals surface area contributed by atoms with Gasteiger partial charge in [0, 0.05) is 13.1 Å². The Morgan fingerprint density at radius 3 is 2.75 bits per heavy atom. The molecule has 16 heavy (non-hydrogen) atoms. The highest BCUT2D eigenvalue weighted by molar-refractivity contribution is 4.96. The van der Waals surface area contributed by atoms with Gasteiger partial charge in [0.2, 0.25) is 0 Å². The fourth-order valence-corrected chi connectivity index (χ4v) is 3.24. The van der Waals surface area contributed by atoms with Gasteiger partial charge in [-0.3, -0.25) is 0 Å². The molecule has 2 fully saturated rings. The van der Waals surface area contributed by atoms with Gasteiger partial charge in [0.15, 0.2) is 0 Å². The van der Waals surface area contributed by atoms with Crippen LogP contribution in [0.2, 0.25) is 0 Å². The normalized spacial score (nSPS) is 28.5. The van der Waals surface area contributed by atoms with Gasteiger partial charge < -0.3 is 10.2 Å². The summed E-state index contributed by atoms with van der Waals surface area (Å²) in [6, 6.07) is 0. The van der Waals surface area contributed by atoms with Gasteiger partial charge in [0.25, 0.3) is 0 Å². The average molecular weight is 224 g/mol. The first-order valence-electron chi connectivity index (χ1n) is 7.21. The van der Waals surface area contributed by atoms with Crippen molar-refractivity contribution < 1.29 is 0 Å². The van der Waals surface area contributed by atoms with E-state index in [1.54, 1.807) is 0 Å². The fourth-order valence-electron chi connectivity index (χ4n) is 3.24. The molecule has 0 bridgehead atoms. The molecule has 1 atom stereocenters. The van der Waals surface area contributed by atoms with Crippen LogP contribution in [0.25, 0.3) is 0 Å². The molecule has 2 heteroatoms. The average Bonchev–Trinajstić information content (AvgIpc) is 2.88. The third-order valence-corrected chi connectivity index (χ3v) is 4.35. The molecular formula is C14H28N2. The first-order valence-corrected chi connectivity index (χ1v) is 7.21. The van der Waals surface area contributed by atoms with Crippen LogP contribution >= 0.6 is 0 Å². The molecule has 0 spiro atoms. The van der Waals surface area contributed by atoms with E-state index in [2.05, 4.69) is 24.1 Å². The number of rotatable bonds is 7. The number of nitrogens with one attached hydrogen (secondary N) is 1. The van der Waals surface area contributed by atoms with Crippen LogP contribution in [-0.4, -0.2) is 37.6 Å². The van der Waals surface area contributed by atoms with Gasteiger partial charge in [-0.2, -0.15) is 0 Å². The summed E-state index contributed by atoms with van der Waals surface area (Å²) in [7, 11) is 0. The highest BCUT2D eigenvalue weighted by Gasteiger charge is 2.43. The minimum atomic E-state index is 0.752. The fraction of sp³-hybridized carbons (Fsp3) is 1.00. The molecule has 2 aliphatic rings. The monoisotopic (exact) mass is 224 g/mol. The molecule has 1 heterocycles. The van der Waals surface area contributed by atoms with E-state index in [1.165, 1.54) is 58.3 Å². The summed E-state index contributed by atoms with van der Waals surface area (Å²) in [5.74, 6) is 0.914. The predicted molar refractivity (Wildman–Crippen MR) is 69.7 cm³/mol. The maximum atomic E-state index is 3.49. The maximum Gasteiger partial charge on any atom is 0.00381 e. The zero-order valence-corrected chi connectivity index (χ0v) is 11.1. The van der Waals surface area contributed by atoms with Gasteiger partial charge >= 0.3 is 0 Å². The van der Waals surface area contributed by atoms with E-state index in [0.717, 1.165) is 17.9 Å². The van der Waals surface area contributed by atoms with Crippen LogP contribution in [0.15, 0.2) is 0 Å². The Bertz CT molecular complexity index is 211. The minimum absolute atomic E-state index is 0.752. The van der Waals surface area contributed by atoms with Crippen molar-refractivity contribution in [1.82, 2.24) is 10.2 Å². The van der Waals surface area contributed by atoms with Crippen molar-refractivity contribution in [3.63, 3.8) is 0 Å². The van der Waals surface area contributed by atoms with Crippen molar-refractivity contribution in [3.05, 3.63) is 0 Å². The predicted octanol–water partition coefficient (Wildman–Crippen LogP) is 2.50. The van der Waals surface area contributed by atoms with Crippen molar-refractivity contribution >= 4 is 0 Å². The van der Waals surface area contributed by atoms with Crippen molar-refractivity contribution in [2.75, 3.05) is 32.7 Å². The van der Waals surface area contributed by atoms with Crippen LogP contribution in [0, 0.1) is 11.3 Å². The zero-order chi connectivity index (χ0) is 11.4. The van der Waals surface area contributed by atoms with Crippen LogP contribution in [0.4, 0.5) is 0 Å². The van der Waals surface area contributed by atoms with Crippen LogP contribution in [-0.2, 0) is 0 Å². The smallest absolute Gasteiger partial charge is 0.00381 e. The lowest BCUT2D eigenvalue weighted by Gasteiger charge is -2.23. The van der Waals surface area contributed by atoms with Crippen molar-refractivity contribution in [2.24, 2.45) is 11.3 Å². The first kappa shape index (κ1) is 12.4. The van der Waals surface area contributed by atoms with Crippen LogP contribution < -0.4 is 5.32 Å². The summed E-state index contributed by atoms with van der Waals surface area (Å²) in [6.45, 7) is 11.0. The molecule has 1 aliphatic heterocycles. The van der Waals surface area contributed by atoms with E-state index in [4.69, 9.17) is 0 Å². The van der Waals surface area contributed by atoms with Crippen molar-refractivity contribution in [3.8, 4) is 0 Å². The highest BCUT2D eigenvalue weighted by atomic mass is 15.2. The Morgan fingerprint density at radius 2 is 2.12 bits per heavy atom. The topological polar surface area (TPSA) is 15.3 Å². The van der Waals surface area contributed by atoms with Gasteiger partial charge in [-0.15, -0.1) is 0 Å². The van der Waals surface area contributed by atoms with Gasteiger partial charge in [0.05, 0.1) is 0 Å². The Morgan fingerprint density at radius 1 is 1.31 bits per heavy atom. The molecule has 1 unspecified atom stereocenters. The summed E-state index contributed by atoms with van der Waals surface area (Å²) in [5.41, 5.74) is 0.752. The molecule has 1 saturated carbocycles. The number of hydrogen-bond donors (Lipinski definition) is 1. The van der Waals surface area contributed by atoms with E-state index in [9.17, 15) is 0 Å². The lowest BCUT2D eigenvalue weighted by atomic mass is 10.0. The molecule has 0 aromatic carbocycles. The molecule has 1 saturated heterocycles. The molecule has 94 valence electrons. The first-order chi connectivity index (χ1) is 7.78. The summed E-state index contributed by atoms with van der Waals surface area (Å²) < 4.78 is 0. The molecule has 2 nitrogen and oxygen atoms in total. The van der Waals surface area contributed by atoms with Crippen molar-refractivity contribution in [2.45, 2.75) is 46.0 Å². The molecule has 0 aromatic rings. The summed E-state index contributed by atoms with van der Waals surface area (Å²) in [5, 5.41) is 3.49. The van der Waals surface area contributed by atoms with Gasteiger partial charge in [-0.25, -0.2) is 0 Å². The van der Waals surface area contributed by atoms with E-state index in [1.807, 2.05) is 0 Å². The van der Waals surface area contributed by atoms with Crippen LogP contribution in [0.5, 0.6) is 0 Å². The molecule has 0 amide bonds. The number of hydrogen-bond acceptors (Lipinski definition) is 2. The molecule has 1 N–H and O–H groups in total. The Hall–Kier alpha value is -0.0800. The quantitative estimate of drug-likeness (QED) is 0.715. The lowest BCUT2D eigenvalue weighted by molar-refractivity contribution is 0.244. The van der Waals surface area contributed by atoms with Gasteiger partial charge in [0.1, 0.15) is 0 Å². The van der Waals surface area contributed by atoms with Gasteiger partial charge in [-0.1, -0.05) is 20.3 Å². The third-order valence-electron chi connectivity index (χ3n) is 4.35. The zero-order valence-electron chi connectivity index (χ0n) is 11.1. The lowest BCUT2D eigenvalue weighted by Crippen LogP contribution is -2.30. The Labute approximate surface area is 101 Å². The molecule has 0 radical (unpaired) electrons. The maximum absolute atomic E-state index is 3.49. The summed E-state index contributed by atoms with van der Waals surface area (Å²) >= 11 is 0. The standard InChI is InChI=1S/C14H28N2/c1-3-6-14(7-8-14)12-16-9-5-13(11-16)10-15-4-2/h13,15H,3-12H2,1-2H3. The highest BCUT2D eigenvalue weighted by Crippen LogP contribution is 2.50. The Kier molecular flexibility index (Phi) is 4.26. The second-order valence-corrected chi connectivity index (χ2v) is 5.95. The van der Waals surface area contributed by atoms with Crippen LogP contribution in [0.3, 0.4) is 0 Å². The van der Waals surface area contributed by atoms with Gasteiger partial charge in [-0.05, 0) is 56.7 Å². The SMILES string of the molecule is CCCC1(CN2CCC(CNCC)C2)CC1. The number of likely N-dealkylation sites (tertiary alicyclic amines) is 1. The van der Waals surface area contributed by atoms with E-state index in [-0.39, 0.29) is 0 Å². The Balaban J connectivity index is 1.68. The molecule has 0 aromatic heterocycles. The molecule has 1 aliphatic carbocycles. The molecule has 2 rings (SSSR count). The summed E-state index contributed by atoms with van der Waals surface area (Å²) in [6.07, 6.45) is 7.23. The van der Waals surface area contributed by atoms with Crippen molar-refractivity contribution in [1.29, 1.82) is 0 Å². The summed E-state index contributed by atoms with van der Waals surface area (Å²) in [4.78, 5) is 2.73. The number of nitrogens with zero attached hydrogens (tertiary/aromatic N) is 1. The van der Waals surface area contributed by atoms with E-state index >= 15 is 0 Å². The van der Waals surface area contributed by atoms with E-state index < -0.39 is 0 Å². The molecular weight excluding hydrogens is 196 g/mol. The third kappa shape index (κ3) is 3.21. The second-order valence-electron chi connectivity index (χ2n) is 5.95. The second kappa shape index (κ2) is 5.50. The van der Waals surface area contributed by atoms with E-state index in [0.29, 0.717) is 0 Å².